The summed E-state index contributed by atoms with van der Waals surface area (Å²) < 4.78 is 0. The minimum Gasteiger partial charge on any atom is -0.480 e. The molecule has 1 amide bonds. The van der Waals surface area contributed by atoms with Crippen LogP contribution in [0.25, 0.3) is 0 Å². The van der Waals surface area contributed by atoms with E-state index in [9.17, 15) is 9.59 Å². The summed E-state index contributed by atoms with van der Waals surface area (Å²) in [6.45, 7) is -0.115. The van der Waals surface area contributed by atoms with Crippen LogP contribution in [-0.2, 0) is 9.59 Å². The first-order valence-corrected chi connectivity index (χ1v) is 5.68. The number of carbonyl (C=O) groups excluding carboxylic acids is 1. The molecule has 0 aromatic rings. The van der Waals surface area contributed by atoms with Crippen LogP contribution < -0.4 is 0 Å². The average Bonchev–Trinajstić information content (AvgIpc) is 2.89. The lowest BCUT2D eigenvalue weighted by atomic mass is 9.82. The zero-order chi connectivity index (χ0) is 10.8. The van der Waals surface area contributed by atoms with E-state index < -0.39 is 5.97 Å². The molecule has 0 spiro atoms. The fourth-order valence-electron chi connectivity index (χ4n) is 2.01. The minimum atomic E-state index is -0.899. The molecule has 84 valence electrons. The lowest BCUT2D eigenvalue weighted by Gasteiger charge is -2.28. The second-order valence-corrected chi connectivity index (χ2v) is 4.65. The summed E-state index contributed by atoms with van der Waals surface area (Å²) in [6, 6.07) is 0.216. The van der Waals surface area contributed by atoms with Gasteiger partial charge < -0.3 is 10.0 Å². The van der Waals surface area contributed by atoms with Gasteiger partial charge in [-0.2, -0.15) is 0 Å². The summed E-state index contributed by atoms with van der Waals surface area (Å²) in [5.74, 6) is -0.332. The molecule has 2 aliphatic rings. The van der Waals surface area contributed by atoms with Crippen molar-refractivity contribution in [2.45, 2.75) is 44.6 Å². The Hall–Kier alpha value is -1.06. The zero-order valence-electron chi connectivity index (χ0n) is 8.82. The number of aliphatic carboxylic acids is 1. The largest absolute Gasteiger partial charge is 0.480 e. The van der Waals surface area contributed by atoms with Crippen LogP contribution in [0.2, 0.25) is 0 Å². The van der Waals surface area contributed by atoms with E-state index in [1.807, 2.05) is 0 Å². The van der Waals surface area contributed by atoms with Crippen LogP contribution in [-0.4, -0.2) is 34.5 Å². The molecule has 2 rings (SSSR count). The fraction of sp³-hybridized carbons (Fsp3) is 0.818. The van der Waals surface area contributed by atoms with Gasteiger partial charge in [0.15, 0.2) is 0 Å². The van der Waals surface area contributed by atoms with Gasteiger partial charge in [0.1, 0.15) is 6.54 Å². The molecule has 0 saturated heterocycles. The smallest absolute Gasteiger partial charge is 0.323 e. The predicted octanol–water partition coefficient (Wildman–Crippen LogP) is 1.25. The monoisotopic (exact) mass is 211 g/mol. The summed E-state index contributed by atoms with van der Waals surface area (Å²) in [7, 11) is 0. The van der Waals surface area contributed by atoms with Gasteiger partial charge in [-0.3, -0.25) is 9.59 Å². The molecule has 15 heavy (non-hydrogen) atoms. The van der Waals surface area contributed by atoms with Gasteiger partial charge in [0.2, 0.25) is 5.91 Å². The first-order chi connectivity index (χ1) is 7.16. The van der Waals surface area contributed by atoms with Gasteiger partial charge in [-0.05, 0) is 31.6 Å². The topological polar surface area (TPSA) is 57.6 Å². The van der Waals surface area contributed by atoms with Gasteiger partial charge in [0, 0.05) is 12.5 Å². The third kappa shape index (κ3) is 2.70. The molecule has 0 aromatic carbocycles. The van der Waals surface area contributed by atoms with E-state index in [1.54, 1.807) is 4.90 Å². The molecule has 2 saturated carbocycles. The van der Waals surface area contributed by atoms with Crippen LogP contribution in [0.5, 0.6) is 0 Å². The Morgan fingerprint density at radius 3 is 2.27 bits per heavy atom. The maximum Gasteiger partial charge on any atom is 0.323 e. The summed E-state index contributed by atoms with van der Waals surface area (Å²) in [5, 5.41) is 8.72. The van der Waals surface area contributed by atoms with Crippen LogP contribution >= 0.6 is 0 Å². The Morgan fingerprint density at radius 2 is 1.87 bits per heavy atom. The van der Waals surface area contributed by atoms with Crippen molar-refractivity contribution < 1.29 is 14.7 Å². The van der Waals surface area contributed by atoms with E-state index in [2.05, 4.69) is 0 Å². The Labute approximate surface area is 89.3 Å². The summed E-state index contributed by atoms with van der Waals surface area (Å²) in [5.41, 5.74) is 0. The second-order valence-electron chi connectivity index (χ2n) is 4.65. The van der Waals surface area contributed by atoms with E-state index in [4.69, 9.17) is 5.11 Å². The number of carboxylic acid groups (broad SMARTS) is 1. The molecule has 1 N–H and O–H groups in total. The maximum atomic E-state index is 11.8. The number of carboxylic acids is 1. The molecule has 0 bridgehead atoms. The molecular formula is C11H17NO3. The first kappa shape index (κ1) is 10.5. The lowest BCUT2D eigenvalue weighted by Crippen LogP contribution is -2.38. The number of hydrogen-bond donors (Lipinski definition) is 1. The molecule has 0 heterocycles. The number of rotatable bonds is 5. The lowest BCUT2D eigenvalue weighted by molar-refractivity contribution is -0.145. The molecule has 0 unspecified atom stereocenters. The van der Waals surface area contributed by atoms with Crippen molar-refractivity contribution >= 4 is 11.9 Å². The van der Waals surface area contributed by atoms with Gasteiger partial charge in [-0.15, -0.1) is 0 Å². The van der Waals surface area contributed by atoms with Crippen LogP contribution in [0.4, 0.5) is 0 Å². The molecule has 2 aliphatic carbocycles. The average molecular weight is 211 g/mol. The van der Waals surface area contributed by atoms with Gasteiger partial charge in [0.05, 0.1) is 0 Å². The maximum absolute atomic E-state index is 11.8. The third-order valence-electron chi connectivity index (χ3n) is 3.30. The highest BCUT2D eigenvalue weighted by Crippen LogP contribution is 2.32. The van der Waals surface area contributed by atoms with Crippen LogP contribution in [0, 0.1) is 5.92 Å². The molecule has 4 heteroatoms. The van der Waals surface area contributed by atoms with Gasteiger partial charge in [-0.1, -0.05) is 6.42 Å². The fourth-order valence-corrected chi connectivity index (χ4v) is 2.01. The van der Waals surface area contributed by atoms with Crippen molar-refractivity contribution in [3.05, 3.63) is 0 Å². The van der Waals surface area contributed by atoms with E-state index in [0.29, 0.717) is 12.3 Å². The van der Waals surface area contributed by atoms with E-state index >= 15 is 0 Å². The molecule has 0 atom stereocenters. The van der Waals surface area contributed by atoms with E-state index in [1.165, 1.54) is 6.42 Å². The Bertz CT molecular complexity index is 269. The number of amides is 1. The van der Waals surface area contributed by atoms with Gasteiger partial charge in [0.25, 0.3) is 0 Å². The van der Waals surface area contributed by atoms with Crippen molar-refractivity contribution in [2.24, 2.45) is 5.92 Å². The Balaban J connectivity index is 1.84. The first-order valence-electron chi connectivity index (χ1n) is 5.68. The summed E-state index contributed by atoms with van der Waals surface area (Å²) in [6.07, 6.45) is 6.01. The van der Waals surface area contributed by atoms with Crippen LogP contribution in [0.3, 0.4) is 0 Å². The number of nitrogens with zero attached hydrogens (tertiary/aromatic N) is 1. The highest BCUT2D eigenvalue weighted by Gasteiger charge is 2.35. The highest BCUT2D eigenvalue weighted by atomic mass is 16.4. The van der Waals surface area contributed by atoms with E-state index in [0.717, 1.165) is 25.7 Å². The van der Waals surface area contributed by atoms with Crippen molar-refractivity contribution in [3.63, 3.8) is 0 Å². The Morgan fingerprint density at radius 1 is 1.20 bits per heavy atom. The van der Waals surface area contributed by atoms with Gasteiger partial charge in [-0.25, -0.2) is 0 Å². The zero-order valence-corrected chi connectivity index (χ0v) is 8.82. The molecule has 4 nitrogen and oxygen atoms in total. The standard InChI is InChI=1S/C11H17NO3/c13-10(6-8-2-1-3-8)12(7-11(14)15)9-4-5-9/h8-9H,1-7H2,(H,14,15). The molecule has 0 radical (unpaired) electrons. The second kappa shape index (κ2) is 4.21. The number of hydrogen-bond acceptors (Lipinski definition) is 2. The van der Waals surface area contributed by atoms with Crippen molar-refractivity contribution in [3.8, 4) is 0 Å². The number of carbonyl (C=O) groups is 2. The molecular weight excluding hydrogens is 194 g/mol. The van der Waals surface area contributed by atoms with Crippen LogP contribution in [0.1, 0.15) is 38.5 Å². The van der Waals surface area contributed by atoms with Crippen molar-refractivity contribution in [1.82, 2.24) is 4.90 Å². The van der Waals surface area contributed by atoms with Crippen molar-refractivity contribution in [2.75, 3.05) is 6.54 Å². The normalized spacial score (nSPS) is 20.8. The third-order valence-corrected chi connectivity index (χ3v) is 3.30. The molecule has 2 fully saturated rings. The SMILES string of the molecule is O=C(O)CN(C(=O)CC1CCC1)C1CC1. The van der Waals surface area contributed by atoms with Crippen molar-refractivity contribution in [1.29, 1.82) is 0 Å². The highest BCUT2D eigenvalue weighted by molar-refractivity contribution is 5.82. The van der Waals surface area contributed by atoms with E-state index in [-0.39, 0.29) is 18.5 Å². The quantitative estimate of drug-likeness (QED) is 0.744. The summed E-state index contributed by atoms with van der Waals surface area (Å²) >= 11 is 0. The Kier molecular flexibility index (Phi) is 2.93. The molecule has 0 aliphatic heterocycles. The van der Waals surface area contributed by atoms with Gasteiger partial charge >= 0.3 is 5.97 Å². The summed E-state index contributed by atoms with van der Waals surface area (Å²) in [4.78, 5) is 24.0. The predicted molar refractivity (Wildman–Crippen MR) is 54.3 cm³/mol. The minimum absolute atomic E-state index is 0.0459. The molecule has 0 aromatic heterocycles. The van der Waals surface area contributed by atoms with Crippen LogP contribution in [0.15, 0.2) is 0 Å².